The number of carbonyl (C=O) groups is 3. The van der Waals surface area contributed by atoms with Crippen LogP contribution in [0.1, 0.15) is 39.0 Å². The topological polar surface area (TPSA) is 51.2 Å². The highest BCUT2D eigenvalue weighted by Crippen LogP contribution is 2.21. The molecule has 0 spiro atoms. The molecule has 0 aromatic rings. The maximum atomic E-state index is 11.4. The normalized spacial score (nSPS) is 22.8. The molecule has 1 aliphatic carbocycles. The fraction of sp³-hybridized carbons (Fsp3) is 0.700. The molecule has 1 aliphatic rings. The molecule has 0 amide bonds. The molecule has 72 valence electrons. The molecule has 0 aliphatic heterocycles. The van der Waals surface area contributed by atoms with E-state index in [1.807, 2.05) is 0 Å². The molecule has 0 radical (unpaired) electrons. The second kappa shape index (κ2) is 4.30. The lowest BCUT2D eigenvalue weighted by atomic mass is 9.83. The monoisotopic (exact) mass is 182 g/mol. The van der Waals surface area contributed by atoms with Gasteiger partial charge in [-0.15, -0.1) is 0 Å². The highest BCUT2D eigenvalue weighted by atomic mass is 16.2. The van der Waals surface area contributed by atoms with Gasteiger partial charge in [0.1, 0.15) is 5.78 Å². The van der Waals surface area contributed by atoms with Crippen molar-refractivity contribution in [2.75, 3.05) is 0 Å². The Hall–Kier alpha value is -0.990. The number of hydrogen-bond acceptors (Lipinski definition) is 3. The Labute approximate surface area is 77.5 Å². The number of carbonyl (C=O) groups excluding carboxylic acids is 3. The predicted octanol–water partition coefficient (Wildman–Crippen LogP) is 1.29. The maximum Gasteiger partial charge on any atom is 0.208 e. The zero-order chi connectivity index (χ0) is 9.84. The quantitative estimate of drug-likeness (QED) is 0.488. The lowest BCUT2D eigenvalue weighted by Gasteiger charge is -2.17. The first kappa shape index (κ1) is 10.1. The van der Waals surface area contributed by atoms with E-state index in [1.165, 1.54) is 0 Å². The van der Waals surface area contributed by atoms with E-state index < -0.39 is 17.5 Å². The van der Waals surface area contributed by atoms with E-state index in [1.54, 1.807) is 6.92 Å². The van der Waals surface area contributed by atoms with Crippen molar-refractivity contribution >= 4 is 17.3 Å². The first-order valence-electron chi connectivity index (χ1n) is 4.76. The van der Waals surface area contributed by atoms with Crippen LogP contribution in [0.25, 0.3) is 0 Å². The second-order valence-electron chi connectivity index (χ2n) is 3.41. The van der Waals surface area contributed by atoms with Crippen LogP contribution in [0.2, 0.25) is 0 Å². The molecule has 1 atom stereocenters. The third-order valence-corrected chi connectivity index (χ3v) is 2.47. The van der Waals surface area contributed by atoms with E-state index in [-0.39, 0.29) is 12.2 Å². The smallest absolute Gasteiger partial charge is 0.208 e. The first-order valence-corrected chi connectivity index (χ1v) is 4.76. The van der Waals surface area contributed by atoms with Crippen LogP contribution in [0, 0.1) is 5.92 Å². The van der Waals surface area contributed by atoms with Crippen molar-refractivity contribution in [2.45, 2.75) is 39.0 Å². The number of ketones is 3. The van der Waals surface area contributed by atoms with E-state index in [0.29, 0.717) is 12.8 Å². The standard InChI is InChI=1S/C10H14O3/c1-2-8(11)10(13)7-5-3-4-6-9(7)12/h7H,2-6H2,1H3/t7-/m0/s1. The van der Waals surface area contributed by atoms with Gasteiger partial charge in [-0.25, -0.2) is 0 Å². The summed E-state index contributed by atoms with van der Waals surface area (Å²) in [7, 11) is 0. The van der Waals surface area contributed by atoms with E-state index in [4.69, 9.17) is 0 Å². The molecule has 0 heterocycles. The van der Waals surface area contributed by atoms with Crippen LogP contribution in [0.5, 0.6) is 0 Å². The molecule has 3 heteroatoms. The van der Waals surface area contributed by atoms with Crippen LogP contribution < -0.4 is 0 Å². The second-order valence-corrected chi connectivity index (χ2v) is 3.41. The van der Waals surface area contributed by atoms with Gasteiger partial charge in [0.05, 0.1) is 5.92 Å². The van der Waals surface area contributed by atoms with Crippen LogP contribution in [-0.4, -0.2) is 17.3 Å². The van der Waals surface area contributed by atoms with Crippen LogP contribution >= 0.6 is 0 Å². The molecule has 3 nitrogen and oxygen atoms in total. The Bertz CT molecular complexity index is 243. The van der Waals surface area contributed by atoms with Gasteiger partial charge in [0.2, 0.25) is 5.78 Å². The van der Waals surface area contributed by atoms with Gasteiger partial charge >= 0.3 is 0 Å². The minimum absolute atomic E-state index is 0.0435. The molecule has 1 rings (SSSR count). The summed E-state index contributed by atoms with van der Waals surface area (Å²) >= 11 is 0. The van der Waals surface area contributed by atoms with Crippen molar-refractivity contribution in [3.8, 4) is 0 Å². The average molecular weight is 182 g/mol. The summed E-state index contributed by atoms with van der Waals surface area (Å²) in [4.78, 5) is 33.7. The van der Waals surface area contributed by atoms with Crippen LogP contribution in [0.15, 0.2) is 0 Å². The van der Waals surface area contributed by atoms with Crippen LogP contribution in [-0.2, 0) is 14.4 Å². The number of hydrogen-bond donors (Lipinski definition) is 0. The third-order valence-electron chi connectivity index (χ3n) is 2.47. The largest absolute Gasteiger partial charge is 0.299 e. The Morgan fingerprint density at radius 3 is 2.62 bits per heavy atom. The van der Waals surface area contributed by atoms with E-state index in [9.17, 15) is 14.4 Å². The lowest BCUT2D eigenvalue weighted by molar-refractivity contribution is -0.143. The summed E-state index contributed by atoms with van der Waals surface area (Å²) in [5, 5.41) is 0. The zero-order valence-corrected chi connectivity index (χ0v) is 7.84. The Morgan fingerprint density at radius 1 is 1.38 bits per heavy atom. The summed E-state index contributed by atoms with van der Waals surface area (Å²) in [6.45, 7) is 1.65. The van der Waals surface area contributed by atoms with Gasteiger partial charge < -0.3 is 0 Å². The Balaban J connectivity index is 2.64. The van der Waals surface area contributed by atoms with Crippen molar-refractivity contribution in [1.29, 1.82) is 0 Å². The summed E-state index contributed by atoms with van der Waals surface area (Å²) < 4.78 is 0. The molecule has 0 saturated heterocycles. The minimum atomic E-state index is -0.610. The fourth-order valence-corrected chi connectivity index (χ4v) is 1.63. The summed E-state index contributed by atoms with van der Waals surface area (Å²) in [6, 6.07) is 0. The highest BCUT2D eigenvalue weighted by molar-refractivity contribution is 6.41. The molecule has 0 aromatic heterocycles. The van der Waals surface area contributed by atoms with E-state index >= 15 is 0 Å². The number of rotatable bonds is 3. The van der Waals surface area contributed by atoms with Crippen molar-refractivity contribution in [1.82, 2.24) is 0 Å². The first-order chi connectivity index (χ1) is 6.16. The van der Waals surface area contributed by atoms with Crippen molar-refractivity contribution in [3.05, 3.63) is 0 Å². The molecule has 13 heavy (non-hydrogen) atoms. The molecular formula is C10H14O3. The van der Waals surface area contributed by atoms with Crippen molar-refractivity contribution in [2.24, 2.45) is 5.92 Å². The summed E-state index contributed by atoms with van der Waals surface area (Å²) in [5.74, 6) is -1.52. The zero-order valence-electron chi connectivity index (χ0n) is 7.84. The predicted molar refractivity (Wildman–Crippen MR) is 47.3 cm³/mol. The molecule has 1 saturated carbocycles. The molecule has 1 fully saturated rings. The molecule has 0 N–H and O–H groups in total. The maximum absolute atomic E-state index is 11.4. The van der Waals surface area contributed by atoms with Crippen molar-refractivity contribution in [3.63, 3.8) is 0 Å². The lowest BCUT2D eigenvalue weighted by Crippen LogP contribution is -2.32. The van der Waals surface area contributed by atoms with E-state index in [0.717, 1.165) is 12.8 Å². The molecular weight excluding hydrogens is 168 g/mol. The Kier molecular flexibility index (Phi) is 3.34. The highest BCUT2D eigenvalue weighted by Gasteiger charge is 2.31. The van der Waals surface area contributed by atoms with Crippen LogP contribution in [0.3, 0.4) is 0 Å². The van der Waals surface area contributed by atoms with Gasteiger partial charge in [-0.2, -0.15) is 0 Å². The van der Waals surface area contributed by atoms with Gasteiger partial charge in [0, 0.05) is 12.8 Å². The van der Waals surface area contributed by atoms with Crippen LogP contribution in [0.4, 0.5) is 0 Å². The van der Waals surface area contributed by atoms with Gasteiger partial charge in [0.25, 0.3) is 0 Å². The molecule has 0 unspecified atom stereocenters. The molecule has 0 bridgehead atoms. The fourth-order valence-electron chi connectivity index (χ4n) is 1.63. The third kappa shape index (κ3) is 2.23. The SMILES string of the molecule is CCC(=O)C(=O)[C@H]1CCCCC1=O. The summed E-state index contributed by atoms with van der Waals surface area (Å²) in [6.07, 6.45) is 3.00. The minimum Gasteiger partial charge on any atom is -0.299 e. The molecule has 0 aromatic carbocycles. The van der Waals surface area contributed by atoms with Crippen molar-refractivity contribution < 1.29 is 14.4 Å². The van der Waals surface area contributed by atoms with Gasteiger partial charge in [-0.05, 0) is 12.8 Å². The summed E-state index contributed by atoms with van der Waals surface area (Å²) in [5.41, 5.74) is 0. The van der Waals surface area contributed by atoms with Gasteiger partial charge in [0.15, 0.2) is 5.78 Å². The average Bonchev–Trinajstić information content (AvgIpc) is 2.16. The van der Waals surface area contributed by atoms with Gasteiger partial charge in [-0.1, -0.05) is 13.3 Å². The van der Waals surface area contributed by atoms with E-state index in [2.05, 4.69) is 0 Å². The number of Topliss-reactive ketones (excluding diaryl/α,β-unsaturated/α-hetero) is 3. The Morgan fingerprint density at radius 2 is 2.08 bits per heavy atom. The van der Waals surface area contributed by atoms with Gasteiger partial charge in [-0.3, -0.25) is 14.4 Å².